The summed E-state index contributed by atoms with van der Waals surface area (Å²) in [6, 6.07) is 11.4. The van der Waals surface area contributed by atoms with Crippen LogP contribution in [0.1, 0.15) is 29.8 Å². The minimum absolute atomic E-state index is 0.0428. The van der Waals surface area contributed by atoms with Crippen molar-refractivity contribution in [2.75, 3.05) is 33.9 Å². The average molecular weight is 437 g/mol. The summed E-state index contributed by atoms with van der Waals surface area (Å²) in [6.45, 7) is 5.33. The van der Waals surface area contributed by atoms with Crippen LogP contribution in [0, 0.1) is 0 Å². The highest BCUT2D eigenvalue weighted by molar-refractivity contribution is 7.89. The van der Waals surface area contributed by atoms with Gasteiger partial charge in [0.2, 0.25) is 0 Å². The maximum absolute atomic E-state index is 12.4. The molecule has 0 bridgehead atoms. The summed E-state index contributed by atoms with van der Waals surface area (Å²) in [4.78, 5) is 17.1. The molecule has 9 heteroatoms. The molecular weight excluding hydrogens is 408 g/mol. The van der Waals surface area contributed by atoms with Gasteiger partial charge in [-0.25, -0.2) is 8.42 Å². The summed E-state index contributed by atoms with van der Waals surface area (Å²) in [5, 5.41) is 2.84. The molecule has 0 aromatic heterocycles. The van der Waals surface area contributed by atoms with E-state index >= 15 is 0 Å². The first-order valence-corrected chi connectivity index (χ1v) is 11.1. The minimum atomic E-state index is -3.74. The van der Waals surface area contributed by atoms with E-state index in [1.54, 1.807) is 0 Å². The Hall–Kier alpha value is -2.62. The fraction of sp³-hybridized carbons (Fsp3) is 0.381. The van der Waals surface area contributed by atoms with Gasteiger partial charge in [0.25, 0.3) is 15.9 Å². The fourth-order valence-electron chi connectivity index (χ4n) is 2.70. The monoisotopic (exact) mass is 436 g/mol. The number of carbonyl (C=O) groups is 1. The molecule has 2 aromatic rings. The number of benzene rings is 2. The smallest absolute Gasteiger partial charge is 0.264 e. The highest BCUT2D eigenvalue weighted by Crippen LogP contribution is 2.28. The van der Waals surface area contributed by atoms with Crippen LogP contribution in [-0.2, 0) is 21.3 Å². The first kappa shape index (κ1) is 23.7. The molecule has 30 heavy (non-hydrogen) atoms. The van der Waals surface area contributed by atoms with Crippen LogP contribution >= 0.6 is 0 Å². The molecule has 0 spiro atoms. The predicted molar refractivity (Wildman–Crippen MR) is 113 cm³/mol. The number of nitrogens with zero attached hydrogens (tertiary/aromatic N) is 1. The lowest BCUT2D eigenvalue weighted by molar-refractivity contribution is -0.0258. The third-order valence-corrected chi connectivity index (χ3v) is 6.01. The Bertz CT molecular complexity index is 944. The maximum Gasteiger partial charge on any atom is 0.264 e. The molecule has 0 unspecified atom stereocenters. The summed E-state index contributed by atoms with van der Waals surface area (Å²) < 4.78 is 36.3. The third kappa shape index (κ3) is 5.94. The number of carbonyl (C=O) groups excluding carboxylic acids is 1. The molecule has 0 aliphatic heterocycles. The second kappa shape index (κ2) is 11.0. The van der Waals surface area contributed by atoms with Gasteiger partial charge < -0.3 is 14.8 Å². The largest absolute Gasteiger partial charge is 0.490 e. The molecule has 2 rings (SSSR count). The van der Waals surface area contributed by atoms with Crippen molar-refractivity contribution in [3.63, 3.8) is 0 Å². The topological polar surface area (TPSA) is 94.2 Å². The minimum Gasteiger partial charge on any atom is -0.490 e. The number of rotatable bonds is 11. The van der Waals surface area contributed by atoms with Crippen molar-refractivity contribution in [2.45, 2.75) is 25.2 Å². The molecule has 0 radical (unpaired) electrons. The van der Waals surface area contributed by atoms with Gasteiger partial charge in [0.1, 0.15) is 0 Å². The normalized spacial score (nSPS) is 11.4. The van der Waals surface area contributed by atoms with Gasteiger partial charge in [-0.1, -0.05) is 10.5 Å². The summed E-state index contributed by atoms with van der Waals surface area (Å²) in [5.41, 5.74) is 1.38. The highest BCUT2D eigenvalue weighted by Gasteiger charge is 2.20. The maximum atomic E-state index is 12.4. The van der Waals surface area contributed by atoms with E-state index in [-0.39, 0.29) is 10.8 Å². The van der Waals surface area contributed by atoms with Crippen molar-refractivity contribution < 1.29 is 27.5 Å². The molecule has 0 fully saturated rings. The molecule has 164 valence electrons. The van der Waals surface area contributed by atoms with Crippen LogP contribution in [0.3, 0.4) is 0 Å². The van der Waals surface area contributed by atoms with Crippen LogP contribution < -0.4 is 14.8 Å². The molecule has 0 saturated carbocycles. The standard InChI is InChI=1S/C21H28N2O6S/c1-5-28-19-12-7-16(15-20(19)29-6-2)13-14-22-21(24)17-8-10-18(11-9-17)30(25,26)23(3)27-4/h7-12,15H,5-6,13-14H2,1-4H3,(H,22,24). The van der Waals surface area contributed by atoms with Gasteiger partial charge in [0.05, 0.1) is 25.2 Å². The number of hydrogen-bond donors (Lipinski definition) is 1. The van der Waals surface area contributed by atoms with Gasteiger partial charge in [-0.2, -0.15) is 0 Å². The quantitative estimate of drug-likeness (QED) is 0.544. The van der Waals surface area contributed by atoms with Gasteiger partial charge in [0, 0.05) is 19.2 Å². The van der Waals surface area contributed by atoms with E-state index in [4.69, 9.17) is 14.3 Å². The zero-order chi connectivity index (χ0) is 22.1. The number of sulfonamides is 1. The Labute approximate surface area is 177 Å². The van der Waals surface area contributed by atoms with E-state index in [0.29, 0.717) is 43.2 Å². The van der Waals surface area contributed by atoms with Gasteiger partial charge in [-0.05, 0) is 62.2 Å². The van der Waals surface area contributed by atoms with E-state index < -0.39 is 10.0 Å². The second-order valence-corrected chi connectivity index (χ2v) is 8.21. The number of amides is 1. The van der Waals surface area contributed by atoms with E-state index in [0.717, 1.165) is 10.0 Å². The van der Waals surface area contributed by atoms with Crippen LogP contribution in [0.4, 0.5) is 0 Å². The number of nitrogens with one attached hydrogen (secondary N) is 1. The summed E-state index contributed by atoms with van der Waals surface area (Å²) in [7, 11) is -1.18. The van der Waals surface area contributed by atoms with Gasteiger partial charge in [-0.15, -0.1) is 0 Å². The summed E-state index contributed by atoms with van der Waals surface area (Å²) in [5.74, 6) is 1.09. The Morgan fingerprint density at radius 1 is 1.00 bits per heavy atom. The molecule has 0 saturated heterocycles. The molecule has 0 atom stereocenters. The third-order valence-electron chi connectivity index (χ3n) is 4.32. The zero-order valence-corrected chi connectivity index (χ0v) is 18.5. The number of ether oxygens (including phenoxy) is 2. The molecular formula is C21H28N2O6S. The van der Waals surface area contributed by atoms with E-state index in [1.807, 2.05) is 32.0 Å². The van der Waals surface area contributed by atoms with Crippen molar-refractivity contribution in [1.82, 2.24) is 9.79 Å². The zero-order valence-electron chi connectivity index (χ0n) is 17.7. The Morgan fingerprint density at radius 3 is 2.23 bits per heavy atom. The lowest BCUT2D eigenvalue weighted by Gasteiger charge is -2.14. The Kier molecular flexibility index (Phi) is 8.64. The summed E-state index contributed by atoms with van der Waals surface area (Å²) >= 11 is 0. The first-order chi connectivity index (χ1) is 14.3. The number of hydroxylamine groups is 1. The first-order valence-electron chi connectivity index (χ1n) is 9.63. The molecule has 1 N–H and O–H groups in total. The van der Waals surface area contributed by atoms with E-state index in [9.17, 15) is 13.2 Å². The van der Waals surface area contributed by atoms with Crippen molar-refractivity contribution >= 4 is 15.9 Å². The molecule has 1 amide bonds. The molecule has 0 aliphatic rings. The van der Waals surface area contributed by atoms with Gasteiger partial charge >= 0.3 is 0 Å². The summed E-state index contributed by atoms with van der Waals surface area (Å²) in [6.07, 6.45) is 0.614. The number of hydrogen-bond acceptors (Lipinski definition) is 6. The van der Waals surface area contributed by atoms with Crippen molar-refractivity contribution in [1.29, 1.82) is 0 Å². The predicted octanol–water partition coefficient (Wildman–Crippen LogP) is 2.64. The average Bonchev–Trinajstić information content (AvgIpc) is 2.75. The van der Waals surface area contributed by atoms with Crippen LogP contribution in [0.25, 0.3) is 0 Å². The molecule has 8 nitrogen and oxygen atoms in total. The van der Waals surface area contributed by atoms with Crippen molar-refractivity contribution in [3.8, 4) is 11.5 Å². The van der Waals surface area contributed by atoms with E-state index in [2.05, 4.69) is 5.32 Å². The Morgan fingerprint density at radius 2 is 1.63 bits per heavy atom. The van der Waals surface area contributed by atoms with E-state index in [1.165, 1.54) is 38.4 Å². The second-order valence-electron chi connectivity index (χ2n) is 6.27. The van der Waals surface area contributed by atoms with Crippen LogP contribution in [0.2, 0.25) is 0 Å². The highest BCUT2D eigenvalue weighted by atomic mass is 32.2. The van der Waals surface area contributed by atoms with Crippen molar-refractivity contribution in [3.05, 3.63) is 53.6 Å². The molecule has 2 aromatic carbocycles. The van der Waals surface area contributed by atoms with Crippen LogP contribution in [0.15, 0.2) is 47.4 Å². The SMILES string of the molecule is CCOc1ccc(CCNC(=O)c2ccc(S(=O)(=O)N(C)OC)cc2)cc1OCC. The van der Waals surface area contributed by atoms with Crippen LogP contribution in [0.5, 0.6) is 11.5 Å². The van der Waals surface area contributed by atoms with Gasteiger partial charge in [-0.3, -0.25) is 9.63 Å². The Balaban J connectivity index is 1.97. The lowest BCUT2D eigenvalue weighted by atomic mass is 10.1. The van der Waals surface area contributed by atoms with Crippen LogP contribution in [-0.4, -0.2) is 52.7 Å². The fourth-order valence-corrected chi connectivity index (χ4v) is 3.67. The molecule has 0 heterocycles. The lowest BCUT2D eigenvalue weighted by Crippen LogP contribution is -2.27. The molecule has 0 aliphatic carbocycles. The van der Waals surface area contributed by atoms with Gasteiger partial charge in [0.15, 0.2) is 11.5 Å². The van der Waals surface area contributed by atoms with Crippen molar-refractivity contribution in [2.24, 2.45) is 0 Å².